The van der Waals surface area contributed by atoms with Crippen LogP contribution in [0.5, 0.6) is 0 Å². The molecule has 1 fully saturated rings. The van der Waals surface area contributed by atoms with Crippen LogP contribution in [0.2, 0.25) is 0 Å². The quantitative estimate of drug-likeness (QED) is 0.724. The summed E-state index contributed by atoms with van der Waals surface area (Å²) in [7, 11) is 0. The summed E-state index contributed by atoms with van der Waals surface area (Å²) in [6.45, 7) is -0.00769. The Hall–Kier alpha value is -1.92. The number of anilines is 2. The molecule has 7 nitrogen and oxygen atoms in total. The van der Waals surface area contributed by atoms with E-state index in [1.54, 1.807) is 0 Å². The molecule has 0 radical (unpaired) electrons. The Morgan fingerprint density at radius 3 is 2.35 bits per heavy atom. The van der Waals surface area contributed by atoms with Crippen molar-refractivity contribution in [2.45, 2.75) is 32.3 Å². The Bertz CT molecular complexity index is 397. The number of hydrogen-bond donors (Lipinski definition) is 2. The first-order valence-electron chi connectivity index (χ1n) is 5.57. The smallest absolute Gasteiger partial charge is 0.309 e. The molecule has 0 saturated heterocycles. The van der Waals surface area contributed by atoms with E-state index < -0.39 is 0 Å². The van der Waals surface area contributed by atoms with Crippen LogP contribution in [-0.2, 0) is 16.1 Å². The van der Waals surface area contributed by atoms with Crippen LogP contribution in [0.25, 0.3) is 0 Å². The van der Waals surface area contributed by atoms with Crippen LogP contribution in [-0.4, -0.2) is 20.9 Å². The SMILES string of the molecule is Nc1nc(N)nc(COC(=O)C2CCCC2)n1. The van der Waals surface area contributed by atoms with Crippen molar-refractivity contribution < 1.29 is 9.53 Å². The van der Waals surface area contributed by atoms with Crippen molar-refractivity contribution in [3.63, 3.8) is 0 Å². The average Bonchev–Trinajstić information content (AvgIpc) is 2.78. The average molecular weight is 237 g/mol. The van der Waals surface area contributed by atoms with E-state index in [9.17, 15) is 4.79 Å². The van der Waals surface area contributed by atoms with Gasteiger partial charge in [-0.05, 0) is 12.8 Å². The van der Waals surface area contributed by atoms with Crippen molar-refractivity contribution >= 4 is 17.9 Å². The minimum Gasteiger partial charge on any atom is -0.457 e. The van der Waals surface area contributed by atoms with Crippen LogP contribution in [0, 0.1) is 5.92 Å². The van der Waals surface area contributed by atoms with Gasteiger partial charge in [0.1, 0.15) is 0 Å². The minimum absolute atomic E-state index is 0.00769. The first-order valence-corrected chi connectivity index (χ1v) is 5.57. The van der Waals surface area contributed by atoms with Gasteiger partial charge in [0.2, 0.25) is 11.9 Å². The van der Waals surface area contributed by atoms with Gasteiger partial charge in [0, 0.05) is 0 Å². The molecule has 92 valence electrons. The molecule has 0 bridgehead atoms. The number of hydrogen-bond acceptors (Lipinski definition) is 7. The highest BCUT2D eigenvalue weighted by Crippen LogP contribution is 2.25. The number of carbonyl (C=O) groups is 1. The lowest BCUT2D eigenvalue weighted by Crippen LogP contribution is -2.16. The molecule has 0 spiro atoms. The molecule has 4 N–H and O–H groups in total. The van der Waals surface area contributed by atoms with Gasteiger partial charge in [0.05, 0.1) is 5.92 Å². The van der Waals surface area contributed by atoms with Gasteiger partial charge in [-0.25, -0.2) is 0 Å². The van der Waals surface area contributed by atoms with Crippen LogP contribution in [0.1, 0.15) is 31.5 Å². The van der Waals surface area contributed by atoms with Crippen molar-refractivity contribution in [2.24, 2.45) is 5.92 Å². The molecular formula is C10H15N5O2. The third-order valence-electron chi connectivity index (χ3n) is 2.75. The normalized spacial score (nSPS) is 16.0. The fraction of sp³-hybridized carbons (Fsp3) is 0.600. The zero-order chi connectivity index (χ0) is 12.3. The predicted octanol–water partition coefficient (Wildman–Crippen LogP) is 0.269. The van der Waals surface area contributed by atoms with Crippen LogP contribution in [0.3, 0.4) is 0 Å². The molecule has 0 aromatic carbocycles. The van der Waals surface area contributed by atoms with E-state index in [4.69, 9.17) is 16.2 Å². The molecule has 1 saturated carbocycles. The number of esters is 1. The zero-order valence-corrected chi connectivity index (χ0v) is 9.43. The van der Waals surface area contributed by atoms with Crippen LogP contribution in [0.4, 0.5) is 11.9 Å². The monoisotopic (exact) mass is 237 g/mol. The van der Waals surface area contributed by atoms with E-state index in [1.165, 1.54) is 0 Å². The van der Waals surface area contributed by atoms with Crippen molar-refractivity contribution in [1.82, 2.24) is 15.0 Å². The van der Waals surface area contributed by atoms with Gasteiger partial charge in [-0.3, -0.25) is 4.79 Å². The lowest BCUT2D eigenvalue weighted by Gasteiger charge is -2.08. The lowest BCUT2D eigenvalue weighted by molar-refractivity contribution is -0.149. The van der Waals surface area contributed by atoms with Crippen LogP contribution >= 0.6 is 0 Å². The van der Waals surface area contributed by atoms with E-state index in [1.807, 2.05) is 0 Å². The third-order valence-corrected chi connectivity index (χ3v) is 2.75. The van der Waals surface area contributed by atoms with Crippen molar-refractivity contribution in [3.8, 4) is 0 Å². The maximum absolute atomic E-state index is 11.6. The highest BCUT2D eigenvalue weighted by Gasteiger charge is 2.24. The molecular weight excluding hydrogens is 222 g/mol. The zero-order valence-electron chi connectivity index (χ0n) is 9.43. The maximum Gasteiger partial charge on any atom is 0.309 e. The molecule has 0 unspecified atom stereocenters. The van der Waals surface area contributed by atoms with Gasteiger partial charge in [0.25, 0.3) is 0 Å². The van der Waals surface area contributed by atoms with E-state index in [2.05, 4.69) is 15.0 Å². The molecule has 7 heteroatoms. The fourth-order valence-corrected chi connectivity index (χ4v) is 1.94. The van der Waals surface area contributed by atoms with Gasteiger partial charge in [-0.1, -0.05) is 12.8 Å². The molecule has 1 heterocycles. The number of rotatable bonds is 3. The molecule has 1 aliphatic carbocycles. The molecule has 1 aromatic heterocycles. The van der Waals surface area contributed by atoms with Gasteiger partial charge in [-0.15, -0.1) is 0 Å². The molecule has 0 amide bonds. The second-order valence-electron chi connectivity index (χ2n) is 4.06. The third kappa shape index (κ3) is 3.02. The first-order chi connectivity index (χ1) is 8.15. The second kappa shape index (κ2) is 4.94. The summed E-state index contributed by atoms with van der Waals surface area (Å²) in [4.78, 5) is 22.9. The Morgan fingerprint density at radius 1 is 1.18 bits per heavy atom. The Kier molecular flexibility index (Phi) is 3.36. The summed E-state index contributed by atoms with van der Waals surface area (Å²) in [6, 6.07) is 0. The van der Waals surface area contributed by atoms with Crippen LogP contribution in [0.15, 0.2) is 0 Å². The summed E-state index contributed by atoms with van der Waals surface area (Å²) < 4.78 is 5.12. The Balaban J connectivity index is 1.90. The Labute approximate surface area is 98.6 Å². The first kappa shape index (κ1) is 11.6. The molecule has 1 aliphatic rings. The molecule has 0 aliphatic heterocycles. The largest absolute Gasteiger partial charge is 0.457 e. The Morgan fingerprint density at radius 2 is 1.76 bits per heavy atom. The van der Waals surface area contributed by atoms with Crippen molar-refractivity contribution in [1.29, 1.82) is 0 Å². The predicted molar refractivity (Wildman–Crippen MR) is 60.4 cm³/mol. The highest BCUT2D eigenvalue weighted by atomic mass is 16.5. The molecule has 17 heavy (non-hydrogen) atoms. The van der Waals surface area contributed by atoms with E-state index in [0.717, 1.165) is 25.7 Å². The molecule has 0 atom stereocenters. The number of nitrogens with two attached hydrogens (primary N) is 2. The molecule has 2 rings (SSSR count). The molecule has 1 aromatic rings. The maximum atomic E-state index is 11.6. The van der Waals surface area contributed by atoms with E-state index in [0.29, 0.717) is 0 Å². The van der Waals surface area contributed by atoms with E-state index >= 15 is 0 Å². The number of aromatic nitrogens is 3. The number of nitrogens with zero attached hydrogens (tertiary/aromatic N) is 3. The second-order valence-corrected chi connectivity index (χ2v) is 4.06. The summed E-state index contributed by atoms with van der Waals surface area (Å²) >= 11 is 0. The van der Waals surface area contributed by atoms with Crippen molar-refractivity contribution in [2.75, 3.05) is 11.5 Å². The number of nitrogen functional groups attached to an aromatic ring is 2. The standard InChI is InChI=1S/C10H15N5O2/c11-9-13-7(14-10(12)15-9)5-17-8(16)6-3-1-2-4-6/h6H,1-5H2,(H4,11,12,13,14,15). The summed E-state index contributed by atoms with van der Waals surface area (Å²) in [5.74, 6) is 0.168. The fourth-order valence-electron chi connectivity index (χ4n) is 1.94. The van der Waals surface area contributed by atoms with Gasteiger partial charge in [-0.2, -0.15) is 15.0 Å². The van der Waals surface area contributed by atoms with E-state index in [-0.39, 0.29) is 36.2 Å². The number of ether oxygens (including phenoxy) is 1. The summed E-state index contributed by atoms with van der Waals surface area (Å²) in [6.07, 6.45) is 3.98. The minimum atomic E-state index is -0.194. The summed E-state index contributed by atoms with van der Waals surface area (Å²) in [5.41, 5.74) is 10.8. The van der Waals surface area contributed by atoms with Crippen molar-refractivity contribution in [3.05, 3.63) is 5.82 Å². The summed E-state index contributed by atoms with van der Waals surface area (Å²) in [5, 5.41) is 0. The topological polar surface area (TPSA) is 117 Å². The highest BCUT2D eigenvalue weighted by molar-refractivity contribution is 5.72. The van der Waals surface area contributed by atoms with Gasteiger partial charge < -0.3 is 16.2 Å². The van der Waals surface area contributed by atoms with Gasteiger partial charge >= 0.3 is 5.97 Å². The number of carbonyl (C=O) groups excluding carboxylic acids is 1. The van der Waals surface area contributed by atoms with Crippen LogP contribution < -0.4 is 11.5 Å². The van der Waals surface area contributed by atoms with Gasteiger partial charge in [0.15, 0.2) is 12.4 Å². The lowest BCUT2D eigenvalue weighted by atomic mass is 10.1.